The highest BCUT2D eigenvalue weighted by Crippen LogP contribution is 2.35. The van der Waals surface area contributed by atoms with Crippen molar-refractivity contribution in [3.05, 3.63) is 0 Å². The Kier molecular flexibility index (Phi) is 18.3. The fraction of sp³-hybridized carbons (Fsp3) is 0.875. The third kappa shape index (κ3) is 22.0. The molecule has 0 heterocycles. The summed E-state index contributed by atoms with van der Waals surface area (Å²) in [6.45, 7) is 0. The topological polar surface area (TPSA) is 74.6 Å². The maximum atomic E-state index is 10.3. The lowest BCUT2D eigenvalue weighted by atomic mass is 10.1. The van der Waals surface area contributed by atoms with Gasteiger partial charge < -0.3 is 10.2 Å². The van der Waals surface area contributed by atoms with Crippen LogP contribution in [0, 0.1) is 0 Å². The molecule has 0 fully saturated rings. The second-order valence-electron chi connectivity index (χ2n) is 5.54. The average Bonchev–Trinajstić information content (AvgIpc) is 2.49. The predicted molar refractivity (Wildman–Crippen MR) is 103 cm³/mol. The van der Waals surface area contributed by atoms with Crippen LogP contribution in [0.15, 0.2) is 0 Å². The van der Waals surface area contributed by atoms with Gasteiger partial charge in [-0.2, -0.15) is 0 Å². The zero-order valence-corrected chi connectivity index (χ0v) is 16.3. The van der Waals surface area contributed by atoms with Crippen LogP contribution < -0.4 is 0 Å². The first-order chi connectivity index (χ1) is 11.1. The molecule has 136 valence electrons. The van der Waals surface area contributed by atoms with Crippen LogP contribution in [-0.2, 0) is 9.59 Å². The number of hydrogen-bond acceptors (Lipinski definition) is 5. The molecule has 0 aliphatic heterocycles. The Labute approximate surface area is 151 Å². The molecule has 0 atom stereocenters. The summed E-state index contributed by atoms with van der Waals surface area (Å²) in [5, 5.41) is 17.0. The van der Waals surface area contributed by atoms with Crippen LogP contribution in [0.4, 0.5) is 0 Å². The van der Waals surface area contributed by atoms with Crippen molar-refractivity contribution in [2.45, 2.75) is 77.0 Å². The van der Waals surface area contributed by atoms with Crippen LogP contribution >= 0.6 is 31.4 Å². The van der Waals surface area contributed by atoms with Crippen LogP contribution in [0.5, 0.6) is 0 Å². The number of aliphatic carboxylic acids is 2. The maximum Gasteiger partial charge on any atom is 0.303 e. The molecule has 0 amide bonds. The Morgan fingerprint density at radius 2 is 0.913 bits per heavy atom. The van der Waals surface area contributed by atoms with E-state index in [1.807, 2.05) is 31.4 Å². The lowest BCUT2D eigenvalue weighted by Crippen LogP contribution is -1.93. The molecule has 0 aromatic heterocycles. The SMILES string of the molecule is O=C(O)CCCCCCCSSSCCCCCCCC(=O)O. The third-order valence-electron chi connectivity index (χ3n) is 3.33. The first-order valence-electron chi connectivity index (χ1n) is 8.47. The molecule has 2 N–H and O–H groups in total. The molecule has 0 unspecified atom stereocenters. The van der Waals surface area contributed by atoms with Gasteiger partial charge in [0.25, 0.3) is 0 Å². The Morgan fingerprint density at radius 3 is 1.30 bits per heavy atom. The summed E-state index contributed by atoms with van der Waals surface area (Å²) in [6.07, 6.45) is 11.4. The van der Waals surface area contributed by atoms with Crippen molar-refractivity contribution < 1.29 is 19.8 Å². The van der Waals surface area contributed by atoms with E-state index in [1.54, 1.807) is 0 Å². The molecule has 0 aliphatic carbocycles. The monoisotopic (exact) mass is 382 g/mol. The maximum absolute atomic E-state index is 10.3. The Balaban J connectivity index is 3.00. The first-order valence-corrected chi connectivity index (χ1v) is 12.3. The van der Waals surface area contributed by atoms with Gasteiger partial charge in [-0.3, -0.25) is 9.59 Å². The highest BCUT2D eigenvalue weighted by molar-refractivity contribution is 9.09. The van der Waals surface area contributed by atoms with Crippen molar-refractivity contribution in [3.63, 3.8) is 0 Å². The third-order valence-corrected chi connectivity index (χ3v) is 7.75. The van der Waals surface area contributed by atoms with Crippen LogP contribution in [0.25, 0.3) is 0 Å². The second kappa shape index (κ2) is 18.3. The Bertz CT molecular complexity index is 273. The quantitative estimate of drug-likeness (QED) is 0.227. The van der Waals surface area contributed by atoms with E-state index < -0.39 is 11.9 Å². The van der Waals surface area contributed by atoms with Gasteiger partial charge in [-0.1, -0.05) is 60.1 Å². The molecule has 0 saturated heterocycles. The zero-order valence-electron chi connectivity index (χ0n) is 13.8. The highest BCUT2D eigenvalue weighted by atomic mass is 33.5. The molecule has 0 bridgehead atoms. The molecule has 0 aromatic carbocycles. The summed E-state index contributed by atoms with van der Waals surface area (Å²) < 4.78 is 0. The zero-order chi connectivity index (χ0) is 17.2. The Hall–Kier alpha value is -0.0100. The van der Waals surface area contributed by atoms with E-state index in [1.165, 1.54) is 37.2 Å². The molecular formula is C16H30O4S3. The molecule has 0 aliphatic rings. The summed E-state index contributed by atoms with van der Waals surface area (Å²) in [7, 11) is 5.71. The average molecular weight is 383 g/mol. The van der Waals surface area contributed by atoms with Crippen molar-refractivity contribution in [2.24, 2.45) is 0 Å². The largest absolute Gasteiger partial charge is 0.481 e. The van der Waals surface area contributed by atoms with Gasteiger partial charge in [0, 0.05) is 24.3 Å². The molecule has 0 radical (unpaired) electrons. The molecule has 23 heavy (non-hydrogen) atoms. The summed E-state index contributed by atoms with van der Waals surface area (Å²) >= 11 is 0. The lowest BCUT2D eigenvalue weighted by Gasteiger charge is -2.02. The molecule has 0 spiro atoms. The number of unbranched alkanes of at least 4 members (excludes halogenated alkanes) is 8. The second-order valence-corrected chi connectivity index (χ2v) is 10.0. The van der Waals surface area contributed by atoms with E-state index >= 15 is 0 Å². The van der Waals surface area contributed by atoms with Crippen molar-refractivity contribution in [1.82, 2.24) is 0 Å². The van der Waals surface area contributed by atoms with Crippen LogP contribution in [0.3, 0.4) is 0 Å². The highest BCUT2D eigenvalue weighted by Gasteiger charge is 1.98. The van der Waals surface area contributed by atoms with Gasteiger partial charge in [0.15, 0.2) is 0 Å². The normalized spacial score (nSPS) is 10.8. The van der Waals surface area contributed by atoms with Crippen molar-refractivity contribution in [3.8, 4) is 0 Å². The lowest BCUT2D eigenvalue weighted by molar-refractivity contribution is -0.138. The number of carboxylic acids is 2. The first kappa shape index (κ1) is 23.0. The van der Waals surface area contributed by atoms with Gasteiger partial charge in [0.2, 0.25) is 0 Å². The molecule has 7 heteroatoms. The fourth-order valence-electron chi connectivity index (χ4n) is 2.04. The minimum atomic E-state index is -0.686. The molecular weight excluding hydrogens is 352 g/mol. The van der Waals surface area contributed by atoms with E-state index in [0.29, 0.717) is 12.8 Å². The minimum Gasteiger partial charge on any atom is -0.481 e. The van der Waals surface area contributed by atoms with Gasteiger partial charge in [-0.05, 0) is 35.5 Å². The molecule has 0 aromatic rings. The molecule has 0 saturated carbocycles. The van der Waals surface area contributed by atoms with Crippen LogP contribution in [-0.4, -0.2) is 33.7 Å². The van der Waals surface area contributed by atoms with Crippen molar-refractivity contribution >= 4 is 43.4 Å². The van der Waals surface area contributed by atoms with Gasteiger partial charge >= 0.3 is 11.9 Å². The minimum absolute atomic E-state index is 0.306. The fourth-order valence-corrected chi connectivity index (χ4v) is 6.04. The van der Waals surface area contributed by atoms with Crippen LogP contribution in [0.1, 0.15) is 77.0 Å². The number of hydrogen-bond donors (Lipinski definition) is 2. The summed E-state index contributed by atoms with van der Waals surface area (Å²) in [5.74, 6) is 0.973. The van der Waals surface area contributed by atoms with Gasteiger partial charge in [-0.25, -0.2) is 0 Å². The summed E-state index contributed by atoms with van der Waals surface area (Å²) in [6, 6.07) is 0. The number of carboxylic acid groups (broad SMARTS) is 2. The van der Waals surface area contributed by atoms with E-state index in [2.05, 4.69) is 0 Å². The van der Waals surface area contributed by atoms with Gasteiger partial charge in [0.05, 0.1) is 0 Å². The van der Waals surface area contributed by atoms with E-state index in [0.717, 1.165) is 38.5 Å². The standard InChI is InChI=1S/C16H30O4S3/c17-15(18)11-7-3-1-5-9-13-21-23-22-14-10-6-2-4-8-12-16(19)20/h1-14H2,(H,17,18)(H,19,20). The van der Waals surface area contributed by atoms with E-state index in [9.17, 15) is 9.59 Å². The van der Waals surface area contributed by atoms with Crippen LogP contribution in [0.2, 0.25) is 0 Å². The van der Waals surface area contributed by atoms with E-state index in [4.69, 9.17) is 10.2 Å². The predicted octanol–water partition coefficient (Wildman–Crippen LogP) is 5.87. The summed E-state index contributed by atoms with van der Waals surface area (Å²) in [4.78, 5) is 20.7. The summed E-state index contributed by atoms with van der Waals surface area (Å²) in [5.41, 5.74) is 0. The van der Waals surface area contributed by atoms with E-state index in [-0.39, 0.29) is 0 Å². The van der Waals surface area contributed by atoms with Gasteiger partial charge in [-0.15, -0.1) is 0 Å². The van der Waals surface area contributed by atoms with Gasteiger partial charge in [0.1, 0.15) is 0 Å². The van der Waals surface area contributed by atoms with Crippen molar-refractivity contribution in [2.75, 3.05) is 11.5 Å². The smallest absolute Gasteiger partial charge is 0.303 e. The molecule has 0 rings (SSSR count). The Morgan fingerprint density at radius 1 is 0.565 bits per heavy atom. The molecule has 4 nitrogen and oxygen atoms in total. The number of rotatable bonds is 18. The van der Waals surface area contributed by atoms with Crippen molar-refractivity contribution in [1.29, 1.82) is 0 Å². The number of carbonyl (C=O) groups is 2.